The van der Waals surface area contributed by atoms with E-state index >= 15 is 0 Å². The summed E-state index contributed by atoms with van der Waals surface area (Å²) in [6.07, 6.45) is 0.646. The third kappa shape index (κ3) is 2.91. The van der Waals surface area contributed by atoms with Crippen LogP contribution in [-0.4, -0.2) is 47.6 Å². The maximum absolute atomic E-state index is 10.2. The van der Waals surface area contributed by atoms with Gasteiger partial charge in [0, 0.05) is 0 Å². The molecule has 0 aliphatic carbocycles. The predicted octanol–water partition coefficient (Wildman–Crippen LogP) is 0.0959. The highest BCUT2D eigenvalue weighted by Gasteiger charge is 2.52. The van der Waals surface area contributed by atoms with E-state index < -0.39 is 16.7 Å². The molecule has 92 valence electrons. The van der Waals surface area contributed by atoms with Gasteiger partial charge in [0.2, 0.25) is 0 Å². The van der Waals surface area contributed by atoms with E-state index in [0.717, 1.165) is 6.54 Å². The van der Waals surface area contributed by atoms with Crippen LogP contribution in [0.25, 0.3) is 0 Å². The van der Waals surface area contributed by atoms with Crippen molar-refractivity contribution in [2.24, 2.45) is 0 Å². The molecule has 0 atom stereocenters. The lowest BCUT2D eigenvalue weighted by Crippen LogP contribution is -2.70. The summed E-state index contributed by atoms with van der Waals surface area (Å²) in [6, 6.07) is 0. The summed E-state index contributed by atoms with van der Waals surface area (Å²) in [5.41, 5.74) is -2.74. The average molecular weight is 218 g/mol. The van der Waals surface area contributed by atoms with Gasteiger partial charge in [-0.3, -0.25) is 0 Å². The topological polar surface area (TPSA) is 64.5 Å². The fourth-order valence-corrected chi connectivity index (χ4v) is 2.41. The molecular weight excluding hydrogens is 192 g/mol. The molecule has 0 saturated carbocycles. The Morgan fingerprint density at radius 3 is 1.53 bits per heavy atom. The van der Waals surface area contributed by atoms with Crippen molar-refractivity contribution < 1.29 is 10.2 Å². The van der Waals surface area contributed by atoms with Crippen LogP contribution in [0.4, 0.5) is 0 Å². The van der Waals surface area contributed by atoms with E-state index in [1.165, 1.54) is 0 Å². The van der Waals surface area contributed by atoms with Crippen molar-refractivity contribution in [1.82, 2.24) is 10.6 Å². The molecule has 0 aliphatic heterocycles. The standard InChI is InChI=1S/C11H26N2O2/c1-9(2,14)11(13-6,7-8-12-5)10(3,4)15/h12-15H,7-8H2,1-6H3. The van der Waals surface area contributed by atoms with Crippen LogP contribution in [0.3, 0.4) is 0 Å². The first-order valence-corrected chi connectivity index (χ1v) is 5.40. The molecule has 0 aliphatic rings. The minimum absolute atomic E-state index is 0.646. The lowest BCUT2D eigenvalue weighted by Gasteiger charge is -2.51. The highest BCUT2D eigenvalue weighted by Crippen LogP contribution is 2.35. The monoisotopic (exact) mass is 218 g/mol. The van der Waals surface area contributed by atoms with E-state index in [1.807, 2.05) is 7.05 Å². The van der Waals surface area contributed by atoms with Crippen molar-refractivity contribution in [1.29, 1.82) is 0 Å². The molecule has 0 aromatic heterocycles. The van der Waals surface area contributed by atoms with Crippen LogP contribution in [0.2, 0.25) is 0 Å². The lowest BCUT2D eigenvalue weighted by atomic mass is 9.69. The number of nitrogens with one attached hydrogen (secondary N) is 2. The molecular formula is C11H26N2O2. The molecule has 15 heavy (non-hydrogen) atoms. The second-order valence-corrected chi connectivity index (χ2v) is 5.13. The molecule has 4 nitrogen and oxygen atoms in total. The summed E-state index contributed by atoms with van der Waals surface area (Å²) in [4.78, 5) is 0. The van der Waals surface area contributed by atoms with Crippen LogP contribution < -0.4 is 10.6 Å². The Bertz CT molecular complexity index is 178. The average Bonchev–Trinajstić information content (AvgIpc) is 2.01. The van der Waals surface area contributed by atoms with E-state index in [2.05, 4.69) is 10.6 Å². The van der Waals surface area contributed by atoms with Crippen LogP contribution in [0.5, 0.6) is 0 Å². The van der Waals surface area contributed by atoms with Crippen LogP contribution >= 0.6 is 0 Å². The summed E-state index contributed by atoms with van der Waals surface area (Å²) >= 11 is 0. The van der Waals surface area contributed by atoms with Crippen molar-refractivity contribution in [3.63, 3.8) is 0 Å². The normalized spacial score (nSPS) is 14.4. The van der Waals surface area contributed by atoms with Gasteiger partial charge < -0.3 is 20.8 Å². The van der Waals surface area contributed by atoms with Crippen LogP contribution in [0.1, 0.15) is 34.1 Å². The van der Waals surface area contributed by atoms with Gasteiger partial charge in [-0.05, 0) is 54.8 Å². The van der Waals surface area contributed by atoms with E-state index in [0.29, 0.717) is 6.42 Å². The molecule has 0 rings (SSSR count). The van der Waals surface area contributed by atoms with Gasteiger partial charge in [0.1, 0.15) is 0 Å². The van der Waals surface area contributed by atoms with Gasteiger partial charge in [-0.15, -0.1) is 0 Å². The predicted molar refractivity (Wildman–Crippen MR) is 62.9 cm³/mol. The maximum Gasteiger partial charge on any atom is 0.0800 e. The Morgan fingerprint density at radius 2 is 1.33 bits per heavy atom. The summed E-state index contributed by atoms with van der Waals surface area (Å²) < 4.78 is 0. The smallest absolute Gasteiger partial charge is 0.0800 e. The largest absolute Gasteiger partial charge is 0.388 e. The van der Waals surface area contributed by atoms with Crippen LogP contribution in [0.15, 0.2) is 0 Å². The van der Waals surface area contributed by atoms with Crippen LogP contribution in [-0.2, 0) is 0 Å². The molecule has 0 radical (unpaired) electrons. The first-order valence-electron chi connectivity index (χ1n) is 5.40. The maximum atomic E-state index is 10.2. The first kappa shape index (κ1) is 14.8. The third-order valence-corrected chi connectivity index (χ3v) is 3.27. The van der Waals surface area contributed by atoms with Gasteiger partial charge in [-0.2, -0.15) is 0 Å². The Kier molecular flexibility index (Phi) is 4.73. The third-order valence-electron chi connectivity index (χ3n) is 3.27. The molecule has 0 heterocycles. The molecule has 0 fully saturated rings. The molecule has 0 saturated heterocycles. The Labute approximate surface area is 93.1 Å². The van der Waals surface area contributed by atoms with Gasteiger partial charge >= 0.3 is 0 Å². The second kappa shape index (κ2) is 4.78. The van der Waals surface area contributed by atoms with E-state index in [9.17, 15) is 10.2 Å². The molecule has 4 N–H and O–H groups in total. The summed E-state index contributed by atoms with van der Waals surface area (Å²) in [7, 11) is 3.63. The van der Waals surface area contributed by atoms with Crippen molar-refractivity contribution in [2.45, 2.75) is 50.9 Å². The first-order chi connectivity index (χ1) is 6.62. The molecule has 0 unspecified atom stereocenters. The quantitative estimate of drug-likeness (QED) is 0.510. The number of rotatable bonds is 6. The van der Waals surface area contributed by atoms with E-state index in [4.69, 9.17) is 0 Å². The van der Waals surface area contributed by atoms with E-state index in [1.54, 1.807) is 34.7 Å². The highest BCUT2D eigenvalue weighted by atomic mass is 16.3. The molecule has 0 bridgehead atoms. The molecule has 0 amide bonds. The minimum atomic E-state index is -1.00. The Balaban J connectivity index is 5.13. The fourth-order valence-electron chi connectivity index (χ4n) is 2.41. The summed E-state index contributed by atoms with van der Waals surface area (Å²) in [6.45, 7) is 7.61. The van der Waals surface area contributed by atoms with Crippen molar-refractivity contribution in [3.05, 3.63) is 0 Å². The van der Waals surface area contributed by atoms with Crippen molar-refractivity contribution in [2.75, 3.05) is 20.6 Å². The fraction of sp³-hybridized carbons (Fsp3) is 1.00. The molecule has 0 spiro atoms. The van der Waals surface area contributed by atoms with E-state index in [-0.39, 0.29) is 0 Å². The van der Waals surface area contributed by atoms with Gasteiger partial charge in [0.25, 0.3) is 0 Å². The van der Waals surface area contributed by atoms with Crippen LogP contribution in [0, 0.1) is 0 Å². The van der Waals surface area contributed by atoms with Gasteiger partial charge in [-0.1, -0.05) is 0 Å². The zero-order chi connectivity index (χ0) is 12.3. The second-order valence-electron chi connectivity index (χ2n) is 5.13. The van der Waals surface area contributed by atoms with Gasteiger partial charge in [0.15, 0.2) is 0 Å². The number of hydrogen-bond donors (Lipinski definition) is 4. The number of hydrogen-bond acceptors (Lipinski definition) is 4. The van der Waals surface area contributed by atoms with Crippen molar-refractivity contribution >= 4 is 0 Å². The lowest BCUT2D eigenvalue weighted by molar-refractivity contribution is -0.129. The number of likely N-dealkylation sites (N-methyl/N-ethyl adjacent to an activating group) is 1. The molecule has 4 heteroatoms. The molecule has 0 aromatic carbocycles. The summed E-state index contributed by atoms with van der Waals surface area (Å²) in [5.74, 6) is 0. The molecule has 0 aromatic rings. The van der Waals surface area contributed by atoms with Gasteiger partial charge in [0.05, 0.1) is 16.7 Å². The Hall–Kier alpha value is -0.160. The zero-order valence-corrected chi connectivity index (χ0v) is 10.8. The number of aliphatic hydroxyl groups is 2. The SMILES string of the molecule is CNCCC(NC)(C(C)(C)O)C(C)(C)O. The highest BCUT2D eigenvalue weighted by molar-refractivity contribution is 5.10. The van der Waals surface area contributed by atoms with Crippen molar-refractivity contribution in [3.8, 4) is 0 Å². The minimum Gasteiger partial charge on any atom is -0.388 e. The zero-order valence-electron chi connectivity index (χ0n) is 10.8. The Morgan fingerprint density at radius 1 is 0.933 bits per heavy atom. The van der Waals surface area contributed by atoms with Gasteiger partial charge in [-0.25, -0.2) is 0 Å². The summed E-state index contributed by atoms with van der Waals surface area (Å²) in [5, 5.41) is 26.6.